The molecule has 0 radical (unpaired) electrons. The van der Waals surface area contributed by atoms with E-state index in [9.17, 15) is 13.6 Å². The van der Waals surface area contributed by atoms with Crippen LogP contribution in [0.4, 0.5) is 8.78 Å². The molecule has 1 aliphatic rings. The van der Waals surface area contributed by atoms with Crippen molar-refractivity contribution in [2.45, 2.75) is 32.1 Å². The van der Waals surface area contributed by atoms with Gasteiger partial charge in [0.2, 0.25) is 5.91 Å². The second-order valence-corrected chi connectivity index (χ2v) is 5.50. The van der Waals surface area contributed by atoms with Gasteiger partial charge in [-0.3, -0.25) is 4.79 Å². The molecule has 2 rings (SSSR count). The van der Waals surface area contributed by atoms with Gasteiger partial charge in [-0.25, -0.2) is 8.78 Å². The highest BCUT2D eigenvalue weighted by Crippen LogP contribution is 2.47. The summed E-state index contributed by atoms with van der Waals surface area (Å²) in [5.41, 5.74) is 0.697. The van der Waals surface area contributed by atoms with E-state index in [1.54, 1.807) is 0 Å². The molecule has 3 nitrogen and oxygen atoms in total. The number of benzene rings is 1. The van der Waals surface area contributed by atoms with Crippen molar-refractivity contribution in [1.82, 2.24) is 5.32 Å². The number of hydrogen-bond acceptors (Lipinski definition) is 2. The Hall–Kier alpha value is -1.49. The third kappa shape index (κ3) is 4.00. The maximum absolute atomic E-state index is 13.0. The number of aryl methyl sites for hydroxylation is 1. The summed E-state index contributed by atoms with van der Waals surface area (Å²) in [6, 6.07) is 3.68. The normalized spacial score (nSPS) is 15.9. The third-order valence-corrected chi connectivity index (χ3v) is 3.88. The number of aliphatic hydroxyl groups excluding tert-OH is 1. The topological polar surface area (TPSA) is 49.3 Å². The van der Waals surface area contributed by atoms with Crippen molar-refractivity contribution in [3.63, 3.8) is 0 Å². The SMILES string of the molecule is O=C(CCc1ccc(F)c(F)c1)NCC1(CCO)CC1. The molecule has 1 aromatic rings. The summed E-state index contributed by atoms with van der Waals surface area (Å²) in [6.45, 7) is 0.731. The van der Waals surface area contributed by atoms with Crippen LogP contribution in [0.15, 0.2) is 18.2 Å². The Morgan fingerprint density at radius 1 is 1.30 bits per heavy atom. The molecular weight excluding hydrogens is 264 g/mol. The Bertz CT molecular complexity index is 487. The molecule has 20 heavy (non-hydrogen) atoms. The Morgan fingerprint density at radius 2 is 2.05 bits per heavy atom. The molecule has 0 unspecified atom stereocenters. The summed E-state index contributed by atoms with van der Waals surface area (Å²) in [5.74, 6) is -1.86. The number of nitrogens with one attached hydrogen (secondary N) is 1. The van der Waals surface area contributed by atoms with Crippen LogP contribution in [-0.2, 0) is 11.2 Å². The summed E-state index contributed by atoms with van der Waals surface area (Å²) < 4.78 is 25.8. The van der Waals surface area contributed by atoms with Crippen molar-refractivity contribution in [3.05, 3.63) is 35.4 Å². The maximum Gasteiger partial charge on any atom is 0.220 e. The van der Waals surface area contributed by atoms with E-state index in [2.05, 4.69) is 5.32 Å². The molecular formula is C15H19F2NO2. The fourth-order valence-corrected chi connectivity index (χ4v) is 2.26. The maximum atomic E-state index is 13.0. The zero-order valence-corrected chi connectivity index (χ0v) is 11.3. The van der Waals surface area contributed by atoms with Crippen LogP contribution in [0.1, 0.15) is 31.2 Å². The van der Waals surface area contributed by atoms with Gasteiger partial charge < -0.3 is 10.4 Å². The van der Waals surface area contributed by atoms with Gasteiger partial charge in [0.05, 0.1) is 0 Å². The van der Waals surface area contributed by atoms with Crippen LogP contribution >= 0.6 is 0 Å². The summed E-state index contributed by atoms with van der Waals surface area (Å²) in [4.78, 5) is 11.7. The lowest BCUT2D eigenvalue weighted by Gasteiger charge is -2.14. The van der Waals surface area contributed by atoms with E-state index in [1.165, 1.54) is 6.07 Å². The molecule has 1 aliphatic carbocycles. The summed E-state index contributed by atoms with van der Waals surface area (Å²) in [5, 5.41) is 11.8. The number of halogens is 2. The van der Waals surface area contributed by atoms with Crippen molar-refractivity contribution >= 4 is 5.91 Å². The first-order valence-electron chi connectivity index (χ1n) is 6.86. The van der Waals surface area contributed by atoms with Gasteiger partial charge in [0.25, 0.3) is 0 Å². The number of carbonyl (C=O) groups is 1. The average Bonchev–Trinajstić information content (AvgIpc) is 3.18. The quantitative estimate of drug-likeness (QED) is 0.806. The molecule has 0 aliphatic heterocycles. The lowest BCUT2D eigenvalue weighted by molar-refractivity contribution is -0.121. The molecule has 0 aromatic heterocycles. The van der Waals surface area contributed by atoms with Gasteiger partial charge in [-0.2, -0.15) is 0 Å². The highest BCUT2D eigenvalue weighted by molar-refractivity contribution is 5.76. The van der Waals surface area contributed by atoms with Crippen LogP contribution in [0, 0.1) is 17.0 Å². The minimum Gasteiger partial charge on any atom is -0.396 e. The Labute approximate surface area is 117 Å². The fourth-order valence-electron chi connectivity index (χ4n) is 2.26. The first kappa shape index (κ1) is 14.9. The minimum atomic E-state index is -0.886. The van der Waals surface area contributed by atoms with Gasteiger partial charge in [0.15, 0.2) is 11.6 Å². The van der Waals surface area contributed by atoms with Crippen LogP contribution in [0.2, 0.25) is 0 Å². The summed E-state index contributed by atoms with van der Waals surface area (Å²) in [7, 11) is 0. The lowest BCUT2D eigenvalue weighted by atomic mass is 10.0. The van der Waals surface area contributed by atoms with Crippen LogP contribution < -0.4 is 5.32 Å². The smallest absolute Gasteiger partial charge is 0.220 e. The van der Waals surface area contributed by atoms with Gasteiger partial charge in [-0.15, -0.1) is 0 Å². The van der Waals surface area contributed by atoms with Gasteiger partial charge >= 0.3 is 0 Å². The van der Waals surface area contributed by atoms with E-state index in [4.69, 9.17) is 5.11 Å². The van der Waals surface area contributed by atoms with Gasteiger partial charge in [0, 0.05) is 19.6 Å². The zero-order chi connectivity index (χ0) is 14.6. The van der Waals surface area contributed by atoms with Crippen molar-refractivity contribution in [2.24, 2.45) is 5.41 Å². The molecule has 0 bridgehead atoms. The molecule has 0 heterocycles. The fraction of sp³-hybridized carbons (Fsp3) is 0.533. The number of hydrogen-bond donors (Lipinski definition) is 2. The highest BCUT2D eigenvalue weighted by atomic mass is 19.2. The average molecular weight is 283 g/mol. The molecule has 1 saturated carbocycles. The molecule has 1 aromatic carbocycles. The Balaban J connectivity index is 1.73. The molecule has 1 amide bonds. The van der Waals surface area contributed by atoms with E-state index in [-0.39, 0.29) is 24.3 Å². The number of aliphatic hydroxyl groups is 1. The van der Waals surface area contributed by atoms with E-state index in [1.807, 2.05) is 0 Å². The molecule has 2 N–H and O–H groups in total. The van der Waals surface area contributed by atoms with E-state index in [0.29, 0.717) is 18.5 Å². The lowest BCUT2D eigenvalue weighted by Crippen LogP contribution is -2.30. The van der Waals surface area contributed by atoms with Crippen LogP contribution in [0.3, 0.4) is 0 Å². The second kappa shape index (κ2) is 6.31. The zero-order valence-electron chi connectivity index (χ0n) is 11.3. The Kier molecular flexibility index (Phi) is 4.70. The van der Waals surface area contributed by atoms with E-state index in [0.717, 1.165) is 31.4 Å². The Morgan fingerprint density at radius 3 is 2.65 bits per heavy atom. The molecule has 110 valence electrons. The van der Waals surface area contributed by atoms with Crippen molar-refractivity contribution in [3.8, 4) is 0 Å². The molecule has 0 spiro atoms. The van der Waals surface area contributed by atoms with Crippen LogP contribution in [0.5, 0.6) is 0 Å². The molecule has 5 heteroatoms. The van der Waals surface area contributed by atoms with Crippen molar-refractivity contribution < 1.29 is 18.7 Å². The standard InChI is InChI=1S/C15H19F2NO2/c16-12-3-1-11(9-13(12)17)2-4-14(20)18-10-15(5-6-15)7-8-19/h1,3,9,19H,2,4-8,10H2,(H,18,20). The van der Waals surface area contributed by atoms with Gasteiger partial charge in [0.1, 0.15) is 0 Å². The summed E-state index contributed by atoms with van der Waals surface area (Å²) >= 11 is 0. The first-order valence-corrected chi connectivity index (χ1v) is 6.86. The van der Waals surface area contributed by atoms with Crippen molar-refractivity contribution in [2.75, 3.05) is 13.2 Å². The van der Waals surface area contributed by atoms with E-state index < -0.39 is 11.6 Å². The van der Waals surface area contributed by atoms with Gasteiger partial charge in [-0.1, -0.05) is 6.07 Å². The monoisotopic (exact) mass is 283 g/mol. The van der Waals surface area contributed by atoms with E-state index >= 15 is 0 Å². The number of carbonyl (C=O) groups excluding carboxylic acids is 1. The first-order chi connectivity index (χ1) is 9.54. The third-order valence-electron chi connectivity index (χ3n) is 3.88. The largest absolute Gasteiger partial charge is 0.396 e. The molecule has 1 fully saturated rings. The number of rotatable bonds is 7. The summed E-state index contributed by atoms with van der Waals surface area (Å²) in [6.07, 6.45) is 3.43. The highest BCUT2D eigenvalue weighted by Gasteiger charge is 2.41. The molecule has 0 atom stereocenters. The van der Waals surface area contributed by atoms with Gasteiger partial charge in [-0.05, 0) is 48.8 Å². The van der Waals surface area contributed by atoms with Crippen LogP contribution in [-0.4, -0.2) is 24.2 Å². The predicted octanol–water partition coefficient (Wildman–Crippen LogP) is 2.18. The molecule has 0 saturated heterocycles. The second-order valence-electron chi connectivity index (χ2n) is 5.50. The van der Waals surface area contributed by atoms with Crippen LogP contribution in [0.25, 0.3) is 0 Å². The predicted molar refractivity (Wildman–Crippen MR) is 71.1 cm³/mol. The number of amides is 1. The van der Waals surface area contributed by atoms with Crippen molar-refractivity contribution in [1.29, 1.82) is 0 Å². The minimum absolute atomic E-state index is 0.0897.